The number of nitrogens with zero attached hydrogens (tertiary/aromatic N) is 1. The van der Waals surface area contributed by atoms with Crippen LogP contribution in [0.3, 0.4) is 0 Å². The molecule has 0 saturated heterocycles. The highest BCUT2D eigenvalue weighted by Gasteiger charge is 2.34. The first kappa shape index (κ1) is 24.2. The molecule has 2 aromatic rings. The quantitative estimate of drug-likeness (QED) is 0.534. The first-order chi connectivity index (χ1) is 15.5. The van der Waals surface area contributed by atoms with Crippen LogP contribution < -0.4 is 19.7 Å². The number of ether oxygens (including phenoxy) is 2. The van der Waals surface area contributed by atoms with E-state index in [1.807, 2.05) is 0 Å². The van der Waals surface area contributed by atoms with Crippen LogP contribution in [0.1, 0.15) is 43.7 Å². The van der Waals surface area contributed by atoms with Crippen molar-refractivity contribution in [2.75, 3.05) is 25.0 Å². The SMILES string of the molecule is COc1ccc(C(C(=O)NC2CCCCC2)N(C(=O)CCl)c2ccc(OC)c(Cl)c2)cc1. The van der Waals surface area contributed by atoms with Gasteiger partial charge in [-0.1, -0.05) is 43.0 Å². The van der Waals surface area contributed by atoms with E-state index in [1.54, 1.807) is 49.6 Å². The Hall–Kier alpha value is -2.44. The molecule has 0 bridgehead atoms. The van der Waals surface area contributed by atoms with Gasteiger partial charge in [0.25, 0.3) is 0 Å². The molecular formula is C24H28Cl2N2O4. The van der Waals surface area contributed by atoms with Crippen LogP contribution in [0.15, 0.2) is 42.5 Å². The van der Waals surface area contributed by atoms with Crippen LogP contribution in [0.25, 0.3) is 0 Å². The molecule has 8 heteroatoms. The predicted molar refractivity (Wildman–Crippen MR) is 127 cm³/mol. The second-order valence-electron chi connectivity index (χ2n) is 7.74. The van der Waals surface area contributed by atoms with E-state index in [1.165, 1.54) is 18.4 Å². The molecule has 0 heterocycles. The number of benzene rings is 2. The van der Waals surface area contributed by atoms with Gasteiger partial charge in [-0.2, -0.15) is 0 Å². The van der Waals surface area contributed by atoms with Crippen molar-refractivity contribution < 1.29 is 19.1 Å². The van der Waals surface area contributed by atoms with Crippen LogP contribution in [-0.2, 0) is 9.59 Å². The number of halogens is 2. The van der Waals surface area contributed by atoms with Gasteiger partial charge in [-0.15, -0.1) is 11.6 Å². The van der Waals surface area contributed by atoms with Crippen molar-refractivity contribution in [3.63, 3.8) is 0 Å². The van der Waals surface area contributed by atoms with Crippen LogP contribution in [-0.4, -0.2) is 38.0 Å². The van der Waals surface area contributed by atoms with Gasteiger partial charge in [0.15, 0.2) is 0 Å². The van der Waals surface area contributed by atoms with Gasteiger partial charge in [0.2, 0.25) is 11.8 Å². The van der Waals surface area contributed by atoms with Gasteiger partial charge in [0.1, 0.15) is 23.4 Å². The minimum Gasteiger partial charge on any atom is -0.497 e. The first-order valence-electron chi connectivity index (χ1n) is 10.6. The van der Waals surface area contributed by atoms with Gasteiger partial charge >= 0.3 is 0 Å². The number of nitrogens with one attached hydrogen (secondary N) is 1. The van der Waals surface area contributed by atoms with Crippen LogP contribution in [0.2, 0.25) is 5.02 Å². The number of alkyl halides is 1. The van der Waals surface area contributed by atoms with E-state index in [4.69, 9.17) is 32.7 Å². The molecule has 172 valence electrons. The van der Waals surface area contributed by atoms with Crippen molar-refractivity contribution >= 4 is 40.7 Å². The smallest absolute Gasteiger partial charge is 0.248 e. The van der Waals surface area contributed by atoms with Crippen molar-refractivity contribution in [3.05, 3.63) is 53.1 Å². The van der Waals surface area contributed by atoms with Gasteiger partial charge in [0.05, 0.1) is 19.2 Å². The Kier molecular flexibility index (Phi) is 8.65. The lowest BCUT2D eigenvalue weighted by molar-refractivity contribution is -0.126. The summed E-state index contributed by atoms with van der Waals surface area (Å²) in [6.07, 6.45) is 5.19. The average Bonchev–Trinajstić information content (AvgIpc) is 2.82. The van der Waals surface area contributed by atoms with E-state index < -0.39 is 11.9 Å². The minimum atomic E-state index is -0.918. The molecule has 2 aromatic carbocycles. The molecule has 32 heavy (non-hydrogen) atoms. The fourth-order valence-corrected chi connectivity index (χ4v) is 4.42. The normalized spacial score (nSPS) is 15.0. The third-order valence-electron chi connectivity index (χ3n) is 5.69. The van der Waals surface area contributed by atoms with Crippen molar-refractivity contribution in [2.45, 2.75) is 44.2 Å². The third-order valence-corrected chi connectivity index (χ3v) is 6.21. The molecule has 0 aliphatic heterocycles. The summed E-state index contributed by atoms with van der Waals surface area (Å²) in [4.78, 5) is 28.0. The van der Waals surface area contributed by atoms with Crippen LogP contribution >= 0.6 is 23.2 Å². The molecule has 2 amide bonds. The van der Waals surface area contributed by atoms with Crippen molar-refractivity contribution in [1.29, 1.82) is 0 Å². The number of anilines is 1. The lowest BCUT2D eigenvalue weighted by Gasteiger charge is -2.33. The molecule has 6 nitrogen and oxygen atoms in total. The highest BCUT2D eigenvalue weighted by Crippen LogP contribution is 2.35. The zero-order valence-electron chi connectivity index (χ0n) is 18.3. The minimum absolute atomic E-state index is 0.0874. The monoisotopic (exact) mass is 478 g/mol. The summed E-state index contributed by atoms with van der Waals surface area (Å²) in [6, 6.07) is 11.2. The molecule has 1 saturated carbocycles. The van der Waals surface area contributed by atoms with Gasteiger partial charge in [-0.25, -0.2) is 0 Å². The molecule has 1 aliphatic rings. The average molecular weight is 479 g/mol. The number of methoxy groups -OCH3 is 2. The van der Waals surface area contributed by atoms with E-state index in [-0.39, 0.29) is 17.8 Å². The van der Waals surface area contributed by atoms with Crippen LogP contribution in [0, 0.1) is 0 Å². The molecule has 1 aliphatic carbocycles. The fraction of sp³-hybridized carbons (Fsp3) is 0.417. The molecule has 1 fully saturated rings. The Balaban J connectivity index is 2.04. The number of carbonyl (C=O) groups is 2. The molecular weight excluding hydrogens is 451 g/mol. The van der Waals surface area contributed by atoms with Gasteiger partial charge in [0, 0.05) is 11.7 Å². The second-order valence-corrected chi connectivity index (χ2v) is 8.41. The second kappa shape index (κ2) is 11.4. The highest BCUT2D eigenvalue weighted by atomic mass is 35.5. The number of amides is 2. The van der Waals surface area contributed by atoms with E-state index >= 15 is 0 Å². The van der Waals surface area contributed by atoms with Crippen molar-refractivity contribution in [1.82, 2.24) is 5.32 Å². The van der Waals surface area contributed by atoms with E-state index in [0.717, 1.165) is 25.7 Å². The standard InChI is InChI=1S/C24H28Cl2N2O4/c1-31-19-11-8-16(9-12-19)23(24(30)27-17-6-4-3-5-7-17)28(22(29)15-25)18-10-13-21(32-2)20(26)14-18/h8-14,17,23H,3-7,15H2,1-2H3,(H,27,30). The molecule has 0 radical (unpaired) electrons. The summed E-state index contributed by atoms with van der Waals surface area (Å²) in [5.74, 6) is 0.178. The topological polar surface area (TPSA) is 67.9 Å². The van der Waals surface area contributed by atoms with Gasteiger partial charge in [-0.3, -0.25) is 14.5 Å². The van der Waals surface area contributed by atoms with Crippen LogP contribution in [0.5, 0.6) is 11.5 Å². The maximum atomic E-state index is 13.6. The maximum Gasteiger partial charge on any atom is 0.248 e. The lowest BCUT2D eigenvalue weighted by atomic mass is 9.94. The first-order valence-corrected chi connectivity index (χ1v) is 11.6. The zero-order valence-corrected chi connectivity index (χ0v) is 19.8. The predicted octanol–water partition coefficient (Wildman–Crippen LogP) is 5.12. The summed E-state index contributed by atoms with van der Waals surface area (Å²) < 4.78 is 10.5. The molecule has 1 N–H and O–H groups in total. The van der Waals surface area contributed by atoms with E-state index in [2.05, 4.69) is 5.32 Å². The summed E-state index contributed by atoms with van der Waals surface area (Å²) in [5, 5.41) is 3.48. The Morgan fingerprint density at radius 2 is 1.75 bits per heavy atom. The van der Waals surface area contributed by atoms with E-state index in [0.29, 0.717) is 27.8 Å². The van der Waals surface area contributed by atoms with Crippen molar-refractivity contribution in [3.8, 4) is 11.5 Å². The summed E-state index contributed by atoms with van der Waals surface area (Å²) in [6.45, 7) is 0. The third kappa shape index (κ3) is 5.67. The number of rotatable bonds is 8. The molecule has 1 unspecified atom stereocenters. The van der Waals surface area contributed by atoms with Gasteiger partial charge < -0.3 is 14.8 Å². The number of hydrogen-bond donors (Lipinski definition) is 1. The summed E-state index contributed by atoms with van der Waals surface area (Å²) in [7, 11) is 3.09. The molecule has 3 rings (SSSR count). The summed E-state index contributed by atoms with van der Waals surface area (Å²) >= 11 is 12.3. The maximum absolute atomic E-state index is 13.6. The largest absolute Gasteiger partial charge is 0.497 e. The Morgan fingerprint density at radius 1 is 1.06 bits per heavy atom. The molecule has 1 atom stereocenters. The van der Waals surface area contributed by atoms with Crippen molar-refractivity contribution in [2.24, 2.45) is 0 Å². The Labute approximate surface area is 198 Å². The summed E-state index contributed by atoms with van der Waals surface area (Å²) in [5.41, 5.74) is 1.10. The zero-order chi connectivity index (χ0) is 23.1. The Morgan fingerprint density at radius 3 is 2.31 bits per heavy atom. The highest BCUT2D eigenvalue weighted by molar-refractivity contribution is 6.33. The number of carbonyl (C=O) groups excluding carboxylic acids is 2. The molecule has 0 aromatic heterocycles. The molecule has 0 spiro atoms. The fourth-order valence-electron chi connectivity index (χ4n) is 4.04. The van der Waals surface area contributed by atoms with E-state index in [9.17, 15) is 9.59 Å². The van der Waals surface area contributed by atoms with Gasteiger partial charge in [-0.05, 0) is 48.7 Å². The lowest BCUT2D eigenvalue weighted by Crippen LogP contribution is -2.47. The van der Waals surface area contributed by atoms with Crippen LogP contribution in [0.4, 0.5) is 5.69 Å². The Bertz CT molecular complexity index is 930. The number of hydrogen-bond acceptors (Lipinski definition) is 4.